The van der Waals surface area contributed by atoms with Crippen molar-refractivity contribution < 1.29 is 4.79 Å². The molecule has 1 atom stereocenters. The number of nitrogens with one attached hydrogen (secondary N) is 1. The Morgan fingerprint density at radius 1 is 1.43 bits per heavy atom. The number of amides is 1. The molecule has 0 radical (unpaired) electrons. The number of hydrogen-bond acceptors (Lipinski definition) is 5. The second-order valence-electron chi connectivity index (χ2n) is 5.43. The molecule has 0 spiro atoms. The van der Waals surface area contributed by atoms with Gasteiger partial charge in [-0.1, -0.05) is 6.07 Å². The van der Waals surface area contributed by atoms with Gasteiger partial charge in [-0.25, -0.2) is 9.50 Å². The molecule has 0 aliphatic heterocycles. The Hall–Kier alpha value is -1.96. The normalized spacial score (nSPS) is 16.7. The predicted molar refractivity (Wildman–Crippen MR) is 92.5 cm³/mol. The number of aryl methyl sites for hydroxylation is 1. The average Bonchev–Trinajstić information content (AvgIpc) is 3.09. The molecule has 6 nitrogen and oxygen atoms in total. The number of anilines is 1. The highest BCUT2D eigenvalue weighted by Crippen LogP contribution is 2.29. The summed E-state index contributed by atoms with van der Waals surface area (Å²) >= 11 is 1.52. The third-order valence-electron chi connectivity index (χ3n) is 3.87. The SMILES string of the molecule is Cl.N[C@H]1CCc2nc(NC(=O)c3cnn4ccccc34)sc2C1. The number of thiazole rings is 1. The molecule has 8 heteroatoms. The largest absolute Gasteiger partial charge is 0.327 e. The molecule has 1 aliphatic carbocycles. The molecule has 3 aromatic rings. The van der Waals surface area contributed by atoms with Crippen LogP contribution >= 0.6 is 23.7 Å². The lowest BCUT2D eigenvalue weighted by molar-refractivity contribution is 0.102. The minimum Gasteiger partial charge on any atom is -0.327 e. The number of fused-ring (bicyclic) bond motifs is 2. The molecule has 0 saturated heterocycles. The summed E-state index contributed by atoms with van der Waals surface area (Å²) in [5.74, 6) is -0.184. The lowest BCUT2D eigenvalue weighted by atomic mass is 9.99. The number of halogens is 1. The number of pyridine rings is 1. The molecule has 3 N–H and O–H groups in total. The maximum atomic E-state index is 12.4. The summed E-state index contributed by atoms with van der Waals surface area (Å²) < 4.78 is 1.68. The van der Waals surface area contributed by atoms with Crippen LogP contribution in [0.5, 0.6) is 0 Å². The van der Waals surface area contributed by atoms with Crippen molar-refractivity contribution in [3.8, 4) is 0 Å². The maximum absolute atomic E-state index is 12.4. The summed E-state index contributed by atoms with van der Waals surface area (Å²) in [6, 6.07) is 5.83. The summed E-state index contributed by atoms with van der Waals surface area (Å²) in [6.07, 6.45) is 6.08. The Labute approximate surface area is 143 Å². The van der Waals surface area contributed by atoms with E-state index >= 15 is 0 Å². The number of nitrogens with two attached hydrogens (primary N) is 1. The molecule has 1 amide bonds. The van der Waals surface area contributed by atoms with Crippen LogP contribution in [0.3, 0.4) is 0 Å². The molecule has 3 aromatic heterocycles. The maximum Gasteiger partial charge on any atom is 0.261 e. The van der Waals surface area contributed by atoms with Crippen molar-refractivity contribution in [3.63, 3.8) is 0 Å². The van der Waals surface area contributed by atoms with Crippen LogP contribution in [0, 0.1) is 0 Å². The molecule has 1 aliphatic rings. The van der Waals surface area contributed by atoms with Crippen molar-refractivity contribution in [3.05, 3.63) is 46.7 Å². The average molecular weight is 350 g/mol. The smallest absolute Gasteiger partial charge is 0.261 e. The minimum absolute atomic E-state index is 0. The van der Waals surface area contributed by atoms with Crippen LogP contribution in [-0.4, -0.2) is 26.5 Å². The van der Waals surface area contributed by atoms with Crippen LogP contribution in [0.1, 0.15) is 27.3 Å². The fraction of sp³-hybridized carbons (Fsp3) is 0.267. The van der Waals surface area contributed by atoms with E-state index in [1.807, 2.05) is 24.4 Å². The second-order valence-corrected chi connectivity index (χ2v) is 6.52. The van der Waals surface area contributed by atoms with E-state index in [-0.39, 0.29) is 24.4 Å². The number of carbonyl (C=O) groups is 1. The van der Waals surface area contributed by atoms with Crippen molar-refractivity contribution in [2.45, 2.75) is 25.3 Å². The summed E-state index contributed by atoms with van der Waals surface area (Å²) in [4.78, 5) is 18.2. The van der Waals surface area contributed by atoms with E-state index in [2.05, 4.69) is 15.4 Å². The van der Waals surface area contributed by atoms with E-state index in [4.69, 9.17) is 5.73 Å². The Morgan fingerprint density at radius 2 is 2.30 bits per heavy atom. The Kier molecular flexibility index (Phi) is 4.34. The molecule has 3 heterocycles. The van der Waals surface area contributed by atoms with E-state index in [0.717, 1.165) is 30.5 Å². The van der Waals surface area contributed by atoms with E-state index in [1.165, 1.54) is 16.2 Å². The van der Waals surface area contributed by atoms with Crippen molar-refractivity contribution >= 4 is 40.3 Å². The summed E-state index contributed by atoms with van der Waals surface area (Å²) in [7, 11) is 0. The van der Waals surface area contributed by atoms with Gasteiger partial charge in [-0.15, -0.1) is 23.7 Å². The molecule has 0 unspecified atom stereocenters. The molecule has 0 bridgehead atoms. The lowest BCUT2D eigenvalue weighted by Crippen LogP contribution is -2.27. The van der Waals surface area contributed by atoms with Crippen molar-refractivity contribution in [2.75, 3.05) is 5.32 Å². The van der Waals surface area contributed by atoms with Gasteiger partial charge in [0.1, 0.15) is 0 Å². The van der Waals surface area contributed by atoms with Crippen LogP contribution < -0.4 is 11.1 Å². The molecule has 0 fully saturated rings. The zero-order chi connectivity index (χ0) is 15.1. The standard InChI is InChI=1S/C15H15N5OS.ClH/c16-9-4-5-11-13(7-9)22-15(18-11)19-14(21)10-8-17-20-6-2-1-3-12(10)20;/h1-3,6,8-9H,4-5,7,16H2,(H,18,19,21);1H/t9-;/m0./s1. The van der Waals surface area contributed by atoms with Crippen molar-refractivity contribution in [2.24, 2.45) is 5.73 Å². The molecule has 0 aromatic carbocycles. The van der Waals surface area contributed by atoms with Gasteiger partial charge < -0.3 is 5.73 Å². The van der Waals surface area contributed by atoms with Crippen LogP contribution in [-0.2, 0) is 12.8 Å². The van der Waals surface area contributed by atoms with Gasteiger partial charge in [0.05, 0.1) is 23.0 Å². The predicted octanol–water partition coefficient (Wildman–Crippen LogP) is 2.28. The number of nitrogens with zero attached hydrogens (tertiary/aromatic N) is 3. The monoisotopic (exact) mass is 349 g/mol. The van der Waals surface area contributed by atoms with Crippen molar-refractivity contribution in [1.29, 1.82) is 0 Å². The van der Waals surface area contributed by atoms with Crippen LogP contribution in [0.15, 0.2) is 30.6 Å². The van der Waals surface area contributed by atoms with E-state index < -0.39 is 0 Å². The van der Waals surface area contributed by atoms with Gasteiger partial charge in [0.15, 0.2) is 5.13 Å². The first-order valence-electron chi connectivity index (χ1n) is 7.18. The van der Waals surface area contributed by atoms with Gasteiger partial charge in [0.2, 0.25) is 0 Å². The van der Waals surface area contributed by atoms with Gasteiger partial charge in [-0.2, -0.15) is 5.10 Å². The summed E-state index contributed by atoms with van der Waals surface area (Å²) in [5, 5.41) is 7.70. The highest BCUT2D eigenvalue weighted by molar-refractivity contribution is 7.15. The van der Waals surface area contributed by atoms with Crippen LogP contribution in [0.25, 0.3) is 5.52 Å². The zero-order valence-corrected chi connectivity index (χ0v) is 13.9. The van der Waals surface area contributed by atoms with E-state index in [1.54, 1.807) is 10.7 Å². The number of carbonyl (C=O) groups excluding carboxylic acids is 1. The third kappa shape index (κ3) is 2.95. The number of hydrogen-bond donors (Lipinski definition) is 2. The first-order valence-corrected chi connectivity index (χ1v) is 8.00. The van der Waals surface area contributed by atoms with Crippen LogP contribution in [0.2, 0.25) is 0 Å². The van der Waals surface area contributed by atoms with Crippen LogP contribution in [0.4, 0.5) is 5.13 Å². The summed E-state index contributed by atoms with van der Waals surface area (Å²) in [5.41, 5.74) is 8.38. The molecular formula is C15H16ClN5OS. The highest BCUT2D eigenvalue weighted by atomic mass is 35.5. The topological polar surface area (TPSA) is 85.3 Å². The molecule has 23 heavy (non-hydrogen) atoms. The molecule has 0 saturated carbocycles. The molecule has 4 rings (SSSR count). The van der Waals surface area contributed by atoms with E-state index in [0.29, 0.717) is 10.7 Å². The number of rotatable bonds is 2. The Bertz CT molecular complexity index is 859. The Balaban J connectivity index is 0.00000156. The quantitative estimate of drug-likeness (QED) is 0.743. The van der Waals surface area contributed by atoms with Gasteiger partial charge in [-0.3, -0.25) is 10.1 Å². The lowest BCUT2D eigenvalue weighted by Gasteiger charge is -2.15. The molecule has 120 valence electrons. The first kappa shape index (κ1) is 15.9. The Morgan fingerprint density at radius 3 is 3.17 bits per heavy atom. The highest BCUT2D eigenvalue weighted by Gasteiger charge is 2.21. The second kappa shape index (κ2) is 6.27. The fourth-order valence-corrected chi connectivity index (χ4v) is 3.82. The minimum atomic E-state index is -0.184. The van der Waals surface area contributed by atoms with Gasteiger partial charge in [0, 0.05) is 17.1 Å². The van der Waals surface area contributed by atoms with Gasteiger partial charge in [-0.05, 0) is 31.4 Å². The zero-order valence-electron chi connectivity index (χ0n) is 12.2. The molecular weight excluding hydrogens is 334 g/mol. The fourth-order valence-electron chi connectivity index (χ4n) is 2.73. The first-order chi connectivity index (χ1) is 10.7. The van der Waals surface area contributed by atoms with Gasteiger partial charge in [0.25, 0.3) is 5.91 Å². The summed E-state index contributed by atoms with van der Waals surface area (Å²) in [6.45, 7) is 0. The number of aromatic nitrogens is 3. The van der Waals surface area contributed by atoms with Crippen molar-refractivity contribution in [1.82, 2.24) is 14.6 Å². The third-order valence-corrected chi connectivity index (χ3v) is 4.90. The van der Waals surface area contributed by atoms with Gasteiger partial charge >= 0.3 is 0 Å². The van der Waals surface area contributed by atoms with E-state index in [9.17, 15) is 4.79 Å².